The predicted octanol–water partition coefficient (Wildman–Crippen LogP) is 4.43. The van der Waals surface area contributed by atoms with Crippen LogP contribution in [0.5, 0.6) is 0 Å². The van der Waals surface area contributed by atoms with Crippen molar-refractivity contribution < 1.29 is 22.4 Å². The summed E-state index contributed by atoms with van der Waals surface area (Å²) >= 11 is 0. The topological polar surface area (TPSA) is 85.8 Å². The Kier molecular flexibility index (Phi) is 5.28. The van der Waals surface area contributed by atoms with Crippen LogP contribution in [0.15, 0.2) is 65.6 Å². The molecule has 0 unspecified atom stereocenters. The van der Waals surface area contributed by atoms with Gasteiger partial charge in [-0.15, -0.1) is 0 Å². The van der Waals surface area contributed by atoms with Crippen LogP contribution in [0.1, 0.15) is 17.0 Å². The van der Waals surface area contributed by atoms with E-state index < -0.39 is 17.6 Å². The normalized spacial score (nSPS) is 11.5. The van der Waals surface area contributed by atoms with Gasteiger partial charge in [0.25, 0.3) is 0 Å². The molecule has 0 atom stereocenters. The third kappa shape index (κ3) is 4.47. The molecule has 0 saturated carbocycles. The maximum absolute atomic E-state index is 13.2. The van der Waals surface area contributed by atoms with Crippen molar-refractivity contribution in [2.45, 2.75) is 19.5 Å². The van der Waals surface area contributed by atoms with Crippen LogP contribution in [0, 0.1) is 6.92 Å². The number of alkyl halides is 3. The number of anilines is 1. The maximum Gasteiger partial charge on any atom is 0.416 e. The molecule has 31 heavy (non-hydrogen) atoms. The number of rotatable bonds is 5. The van der Waals surface area contributed by atoms with E-state index in [4.69, 9.17) is 4.42 Å². The zero-order valence-corrected chi connectivity index (χ0v) is 16.2. The highest BCUT2D eigenvalue weighted by Gasteiger charge is 2.31. The number of hydrogen-bond donors (Lipinski definition) is 1. The molecule has 0 saturated heterocycles. The number of amides is 1. The Morgan fingerprint density at radius 2 is 1.94 bits per heavy atom. The van der Waals surface area contributed by atoms with Crippen LogP contribution < -0.4 is 5.32 Å². The molecule has 0 radical (unpaired) electrons. The zero-order valence-electron chi connectivity index (χ0n) is 16.2. The molecule has 0 aliphatic rings. The molecular formula is C21H16F3N5O2. The predicted molar refractivity (Wildman–Crippen MR) is 105 cm³/mol. The second-order valence-corrected chi connectivity index (χ2v) is 6.68. The van der Waals surface area contributed by atoms with Crippen molar-refractivity contribution in [3.05, 3.63) is 78.2 Å². The van der Waals surface area contributed by atoms with Gasteiger partial charge in [0.15, 0.2) is 0 Å². The van der Waals surface area contributed by atoms with Gasteiger partial charge < -0.3 is 9.73 Å². The van der Waals surface area contributed by atoms with Crippen LogP contribution in [0.25, 0.3) is 17.1 Å². The highest BCUT2D eigenvalue weighted by Crippen LogP contribution is 2.33. The van der Waals surface area contributed by atoms with Crippen molar-refractivity contribution in [1.29, 1.82) is 0 Å². The van der Waals surface area contributed by atoms with Crippen LogP contribution in [0.2, 0.25) is 0 Å². The lowest BCUT2D eigenvalue weighted by atomic mass is 10.1. The number of oxazole rings is 1. The molecule has 158 valence electrons. The van der Waals surface area contributed by atoms with E-state index in [9.17, 15) is 18.0 Å². The summed E-state index contributed by atoms with van der Waals surface area (Å²) in [5, 5.41) is 6.45. The first-order valence-electron chi connectivity index (χ1n) is 9.19. The number of aromatic nitrogens is 4. The minimum Gasteiger partial charge on any atom is -0.441 e. The SMILES string of the molecule is Cc1oc(-c2ccccc2)nc1CC(=O)Nc1cc(C(F)(F)F)ccc1-n1cncn1. The Morgan fingerprint density at radius 1 is 1.16 bits per heavy atom. The average Bonchev–Trinajstić information content (AvgIpc) is 3.38. The molecule has 2 aromatic heterocycles. The van der Waals surface area contributed by atoms with Gasteiger partial charge in [0, 0.05) is 5.56 Å². The van der Waals surface area contributed by atoms with E-state index in [2.05, 4.69) is 20.4 Å². The first kappa shape index (κ1) is 20.3. The van der Waals surface area contributed by atoms with Gasteiger partial charge in [-0.1, -0.05) is 18.2 Å². The fraction of sp³-hybridized carbons (Fsp3) is 0.143. The Hall–Kier alpha value is -3.95. The molecule has 0 bridgehead atoms. The third-order valence-corrected chi connectivity index (χ3v) is 4.50. The van der Waals surface area contributed by atoms with Gasteiger partial charge in [0.1, 0.15) is 18.4 Å². The molecule has 10 heteroatoms. The van der Waals surface area contributed by atoms with Gasteiger partial charge in [-0.05, 0) is 37.3 Å². The van der Waals surface area contributed by atoms with E-state index >= 15 is 0 Å². The second kappa shape index (κ2) is 8.05. The van der Waals surface area contributed by atoms with Crippen LogP contribution in [-0.4, -0.2) is 25.7 Å². The molecule has 2 aromatic carbocycles. The lowest BCUT2D eigenvalue weighted by Gasteiger charge is -2.14. The monoisotopic (exact) mass is 427 g/mol. The molecule has 0 aliphatic carbocycles. The molecule has 7 nitrogen and oxygen atoms in total. The fourth-order valence-corrected chi connectivity index (χ4v) is 2.99. The van der Waals surface area contributed by atoms with Gasteiger partial charge in [0.05, 0.1) is 29.1 Å². The Morgan fingerprint density at radius 3 is 2.61 bits per heavy atom. The highest BCUT2D eigenvalue weighted by molar-refractivity contribution is 5.94. The zero-order chi connectivity index (χ0) is 22.0. The molecule has 0 fully saturated rings. The van der Waals surface area contributed by atoms with Gasteiger partial charge in [-0.25, -0.2) is 14.6 Å². The smallest absolute Gasteiger partial charge is 0.416 e. The molecular weight excluding hydrogens is 411 g/mol. The van der Waals surface area contributed by atoms with Crippen molar-refractivity contribution in [3.8, 4) is 17.1 Å². The molecule has 1 N–H and O–H groups in total. The van der Waals surface area contributed by atoms with Crippen molar-refractivity contribution in [2.75, 3.05) is 5.32 Å². The lowest BCUT2D eigenvalue weighted by Crippen LogP contribution is -2.18. The summed E-state index contributed by atoms with van der Waals surface area (Å²) in [6.07, 6.45) is -2.16. The number of aryl methyl sites for hydroxylation is 1. The van der Waals surface area contributed by atoms with E-state index in [1.807, 2.05) is 30.3 Å². The van der Waals surface area contributed by atoms with Crippen LogP contribution in [-0.2, 0) is 17.4 Å². The first-order valence-corrected chi connectivity index (χ1v) is 9.19. The Labute approximate surface area is 174 Å². The summed E-state index contributed by atoms with van der Waals surface area (Å²) in [6.45, 7) is 1.67. The summed E-state index contributed by atoms with van der Waals surface area (Å²) in [5.74, 6) is 0.273. The molecule has 0 spiro atoms. The summed E-state index contributed by atoms with van der Waals surface area (Å²) < 4.78 is 46.4. The molecule has 4 rings (SSSR count). The van der Waals surface area contributed by atoms with Gasteiger partial charge in [-0.3, -0.25) is 4.79 Å². The largest absolute Gasteiger partial charge is 0.441 e. The van der Waals surface area contributed by atoms with E-state index in [-0.39, 0.29) is 17.8 Å². The van der Waals surface area contributed by atoms with E-state index in [1.54, 1.807) is 6.92 Å². The number of carbonyl (C=O) groups is 1. The van der Waals surface area contributed by atoms with Gasteiger partial charge in [0.2, 0.25) is 11.8 Å². The number of nitrogens with one attached hydrogen (secondary N) is 1. The van der Waals surface area contributed by atoms with Gasteiger partial charge in [-0.2, -0.15) is 18.3 Å². The van der Waals surface area contributed by atoms with Gasteiger partial charge >= 0.3 is 6.18 Å². The number of halogens is 3. The minimum absolute atomic E-state index is 0.0465. The fourth-order valence-electron chi connectivity index (χ4n) is 2.99. The molecule has 4 aromatic rings. The first-order chi connectivity index (χ1) is 14.8. The van der Waals surface area contributed by atoms with Crippen molar-refractivity contribution in [3.63, 3.8) is 0 Å². The number of benzene rings is 2. The number of hydrogen-bond acceptors (Lipinski definition) is 5. The quantitative estimate of drug-likeness (QED) is 0.509. The second-order valence-electron chi connectivity index (χ2n) is 6.68. The van der Waals surface area contributed by atoms with E-state index in [0.717, 1.165) is 17.7 Å². The number of carbonyl (C=O) groups excluding carboxylic acids is 1. The summed E-state index contributed by atoms with van der Waals surface area (Å²) in [5.41, 5.74) is 0.459. The number of nitrogens with zero attached hydrogens (tertiary/aromatic N) is 4. The van der Waals surface area contributed by atoms with Crippen molar-refractivity contribution >= 4 is 11.6 Å². The van der Waals surface area contributed by atoms with E-state index in [0.29, 0.717) is 17.3 Å². The van der Waals surface area contributed by atoms with Crippen LogP contribution in [0.3, 0.4) is 0 Å². The Bertz CT molecular complexity index is 1200. The van der Waals surface area contributed by atoms with Crippen molar-refractivity contribution in [1.82, 2.24) is 19.7 Å². The molecule has 0 aliphatic heterocycles. The standard InChI is InChI=1S/C21H16F3N5O2/c1-13-16(28-20(31-13)14-5-3-2-4-6-14)10-19(30)27-17-9-15(21(22,23)24)7-8-18(17)29-12-25-11-26-29/h2-9,11-12H,10H2,1H3,(H,27,30). The molecule has 1 amide bonds. The molecule has 2 heterocycles. The minimum atomic E-state index is -4.56. The summed E-state index contributed by atoms with van der Waals surface area (Å²) in [7, 11) is 0. The highest BCUT2D eigenvalue weighted by atomic mass is 19.4. The summed E-state index contributed by atoms with van der Waals surface area (Å²) in [4.78, 5) is 20.8. The van der Waals surface area contributed by atoms with E-state index in [1.165, 1.54) is 23.4 Å². The third-order valence-electron chi connectivity index (χ3n) is 4.50. The Balaban J connectivity index is 1.59. The van der Waals surface area contributed by atoms with Crippen molar-refractivity contribution in [2.24, 2.45) is 0 Å². The lowest BCUT2D eigenvalue weighted by molar-refractivity contribution is -0.137. The average molecular weight is 427 g/mol. The summed E-state index contributed by atoms with van der Waals surface area (Å²) in [6, 6.07) is 12.2. The maximum atomic E-state index is 13.2. The van der Waals surface area contributed by atoms with Crippen LogP contribution >= 0.6 is 0 Å². The van der Waals surface area contributed by atoms with Crippen LogP contribution in [0.4, 0.5) is 18.9 Å².